The van der Waals surface area contributed by atoms with Gasteiger partial charge in [0.2, 0.25) is 5.88 Å². The van der Waals surface area contributed by atoms with Crippen LogP contribution in [0.15, 0.2) is 46.8 Å². The molecule has 9 heteroatoms. The van der Waals surface area contributed by atoms with Crippen LogP contribution in [0.3, 0.4) is 0 Å². The Labute approximate surface area is 199 Å². The van der Waals surface area contributed by atoms with E-state index in [0.29, 0.717) is 32.2 Å². The monoisotopic (exact) mass is 464 g/mol. The maximum Gasteiger partial charge on any atom is 0.217 e. The van der Waals surface area contributed by atoms with Gasteiger partial charge in [0.25, 0.3) is 0 Å². The van der Waals surface area contributed by atoms with Crippen LogP contribution in [0.25, 0.3) is 10.9 Å². The van der Waals surface area contributed by atoms with Crippen molar-refractivity contribution in [2.75, 3.05) is 70.7 Å². The second-order valence-corrected chi connectivity index (χ2v) is 8.69. The summed E-state index contributed by atoms with van der Waals surface area (Å²) in [4.78, 5) is 12.6. The van der Waals surface area contributed by atoms with Gasteiger partial charge >= 0.3 is 0 Å². The van der Waals surface area contributed by atoms with E-state index in [2.05, 4.69) is 50.1 Å². The Hall–Kier alpha value is -3.01. The van der Waals surface area contributed by atoms with Crippen molar-refractivity contribution in [3.8, 4) is 5.88 Å². The molecule has 0 atom stereocenters. The number of pyridine rings is 1. The van der Waals surface area contributed by atoms with E-state index in [1.54, 1.807) is 0 Å². The van der Waals surface area contributed by atoms with Gasteiger partial charge in [0.05, 0.1) is 38.7 Å². The molecule has 0 unspecified atom stereocenters. The number of aromatic nitrogens is 2. The number of nitrogens with zero attached hydrogens (tertiary/aromatic N) is 5. The molecule has 2 aliphatic heterocycles. The molecule has 0 spiro atoms. The molecular weight excluding hydrogens is 432 g/mol. The summed E-state index contributed by atoms with van der Waals surface area (Å²) in [5, 5.41) is 10.2. The summed E-state index contributed by atoms with van der Waals surface area (Å²) < 4.78 is 17.0. The van der Waals surface area contributed by atoms with E-state index in [4.69, 9.17) is 19.2 Å². The Morgan fingerprint density at radius 3 is 2.65 bits per heavy atom. The topological polar surface area (TPSA) is 87.6 Å². The molecular formula is C25H32N6O3. The van der Waals surface area contributed by atoms with Gasteiger partial charge < -0.3 is 24.1 Å². The molecule has 4 heterocycles. The molecule has 0 saturated carbocycles. The van der Waals surface area contributed by atoms with Gasteiger partial charge in [-0.1, -0.05) is 12.1 Å². The number of hydrogen-bond donors (Lipinski definition) is 1. The Balaban J connectivity index is 1.29. The van der Waals surface area contributed by atoms with E-state index in [1.807, 2.05) is 18.3 Å². The minimum Gasteiger partial charge on any atom is -0.476 e. The number of fused-ring (bicyclic) bond motifs is 1. The van der Waals surface area contributed by atoms with E-state index in [1.165, 1.54) is 10.9 Å². The number of H-pyrrole nitrogens is 1. The van der Waals surface area contributed by atoms with Crippen molar-refractivity contribution in [3.05, 3.63) is 47.7 Å². The van der Waals surface area contributed by atoms with E-state index in [-0.39, 0.29) is 0 Å². The van der Waals surface area contributed by atoms with Crippen molar-refractivity contribution in [1.29, 1.82) is 0 Å². The second kappa shape index (κ2) is 10.9. The third-order valence-corrected chi connectivity index (χ3v) is 6.22. The van der Waals surface area contributed by atoms with Crippen molar-refractivity contribution >= 4 is 22.4 Å². The van der Waals surface area contributed by atoms with Gasteiger partial charge in [-0.2, -0.15) is 15.2 Å². The maximum absolute atomic E-state index is 6.04. The fourth-order valence-electron chi connectivity index (χ4n) is 4.29. The summed E-state index contributed by atoms with van der Waals surface area (Å²) >= 11 is 0. The Morgan fingerprint density at radius 2 is 1.82 bits per heavy atom. The lowest BCUT2D eigenvalue weighted by molar-refractivity contribution is 0.0320. The van der Waals surface area contributed by atoms with Crippen LogP contribution < -0.4 is 9.64 Å². The first kappa shape index (κ1) is 22.8. The number of ether oxygens (including phenoxy) is 3. The molecule has 34 heavy (non-hydrogen) atoms. The zero-order valence-electron chi connectivity index (χ0n) is 19.7. The first-order valence-electron chi connectivity index (χ1n) is 12.0. The lowest BCUT2D eigenvalue weighted by atomic mass is 10.1. The Morgan fingerprint density at radius 1 is 1.03 bits per heavy atom. The van der Waals surface area contributed by atoms with Gasteiger partial charge in [-0.25, -0.2) is 0 Å². The van der Waals surface area contributed by atoms with Gasteiger partial charge in [-0.3, -0.25) is 4.90 Å². The third-order valence-electron chi connectivity index (χ3n) is 6.22. The van der Waals surface area contributed by atoms with Crippen molar-refractivity contribution in [3.63, 3.8) is 0 Å². The molecule has 2 aromatic heterocycles. The Kier molecular flexibility index (Phi) is 7.33. The highest BCUT2D eigenvalue weighted by Gasteiger charge is 2.16. The van der Waals surface area contributed by atoms with Crippen LogP contribution in [-0.2, 0) is 16.0 Å². The summed E-state index contributed by atoms with van der Waals surface area (Å²) in [5.41, 5.74) is 4.23. The van der Waals surface area contributed by atoms with E-state index in [9.17, 15) is 0 Å². The molecule has 0 amide bonds. The quantitative estimate of drug-likeness (QED) is 0.512. The molecule has 2 fully saturated rings. The van der Waals surface area contributed by atoms with Crippen LogP contribution in [0.2, 0.25) is 0 Å². The number of benzene rings is 1. The summed E-state index contributed by atoms with van der Waals surface area (Å²) in [7, 11) is 0. The first-order valence-corrected chi connectivity index (χ1v) is 12.0. The summed E-state index contributed by atoms with van der Waals surface area (Å²) in [6.45, 7) is 10.5. The zero-order valence-corrected chi connectivity index (χ0v) is 19.7. The van der Waals surface area contributed by atoms with Crippen LogP contribution >= 0.6 is 0 Å². The number of hydrogen-bond acceptors (Lipinski definition) is 8. The molecule has 0 radical (unpaired) electrons. The maximum atomic E-state index is 6.04. The van der Waals surface area contributed by atoms with Gasteiger partial charge in [0, 0.05) is 67.5 Å². The molecule has 3 aromatic rings. The van der Waals surface area contributed by atoms with Crippen LogP contribution in [0.4, 0.5) is 11.5 Å². The third kappa shape index (κ3) is 5.72. The van der Waals surface area contributed by atoms with Crippen LogP contribution in [-0.4, -0.2) is 80.6 Å². The molecule has 5 rings (SSSR count). The van der Waals surface area contributed by atoms with Crippen molar-refractivity contribution in [1.82, 2.24) is 14.9 Å². The molecule has 9 nitrogen and oxygen atoms in total. The SMILES string of the molecule is Cc1ccc2c(CN=Nc3cc(OCCN4CCOCC4)nc(N4CCOCC4)c3)c[nH]c2c1. The average Bonchev–Trinajstić information content (AvgIpc) is 3.27. The minimum absolute atomic E-state index is 0.505. The number of aryl methyl sites for hydroxylation is 1. The van der Waals surface area contributed by atoms with E-state index < -0.39 is 0 Å². The highest BCUT2D eigenvalue weighted by Crippen LogP contribution is 2.27. The van der Waals surface area contributed by atoms with E-state index >= 15 is 0 Å². The Bertz CT molecular complexity index is 1120. The number of aromatic amines is 1. The lowest BCUT2D eigenvalue weighted by Gasteiger charge is -2.28. The molecule has 2 saturated heterocycles. The van der Waals surface area contributed by atoms with Gasteiger partial charge in [0.15, 0.2) is 0 Å². The number of anilines is 1. The lowest BCUT2D eigenvalue weighted by Crippen LogP contribution is -2.38. The summed E-state index contributed by atoms with van der Waals surface area (Å²) in [6.07, 6.45) is 2.01. The number of nitrogens with one attached hydrogen (secondary N) is 1. The number of rotatable bonds is 8. The highest BCUT2D eigenvalue weighted by molar-refractivity contribution is 5.83. The summed E-state index contributed by atoms with van der Waals surface area (Å²) in [5.74, 6) is 1.43. The smallest absolute Gasteiger partial charge is 0.217 e. The standard InChI is InChI=1S/C25H32N6O3/c1-19-2-3-22-20(17-26-23(22)14-19)18-27-29-21-15-24(31-7-11-33-12-8-31)28-25(16-21)34-13-6-30-4-9-32-10-5-30/h2-3,14-17,26H,4-13,18H2,1H3. The minimum atomic E-state index is 0.505. The van der Waals surface area contributed by atoms with Crippen molar-refractivity contribution in [2.24, 2.45) is 10.2 Å². The molecule has 2 aliphatic rings. The van der Waals surface area contributed by atoms with Crippen molar-refractivity contribution < 1.29 is 14.2 Å². The second-order valence-electron chi connectivity index (χ2n) is 8.69. The molecule has 0 bridgehead atoms. The normalized spacial score (nSPS) is 17.6. The van der Waals surface area contributed by atoms with Gasteiger partial charge in [-0.05, 0) is 18.6 Å². The van der Waals surface area contributed by atoms with Crippen LogP contribution in [0.1, 0.15) is 11.1 Å². The van der Waals surface area contributed by atoms with Gasteiger partial charge in [0.1, 0.15) is 12.4 Å². The van der Waals surface area contributed by atoms with Crippen LogP contribution in [0.5, 0.6) is 5.88 Å². The van der Waals surface area contributed by atoms with E-state index in [0.717, 1.165) is 68.5 Å². The highest BCUT2D eigenvalue weighted by atomic mass is 16.5. The average molecular weight is 465 g/mol. The molecule has 1 aromatic carbocycles. The molecule has 180 valence electrons. The number of morpholine rings is 2. The molecule has 1 N–H and O–H groups in total. The van der Waals surface area contributed by atoms with Crippen LogP contribution in [0, 0.1) is 6.92 Å². The summed E-state index contributed by atoms with van der Waals surface area (Å²) in [6, 6.07) is 10.2. The fourth-order valence-corrected chi connectivity index (χ4v) is 4.29. The first-order chi connectivity index (χ1) is 16.7. The van der Waals surface area contributed by atoms with Crippen molar-refractivity contribution in [2.45, 2.75) is 13.5 Å². The van der Waals surface area contributed by atoms with Gasteiger partial charge in [-0.15, -0.1) is 0 Å². The number of azo groups is 1. The largest absolute Gasteiger partial charge is 0.476 e. The predicted molar refractivity (Wildman–Crippen MR) is 131 cm³/mol. The molecule has 0 aliphatic carbocycles. The fraction of sp³-hybridized carbons (Fsp3) is 0.480. The zero-order chi connectivity index (χ0) is 23.2. The predicted octanol–water partition coefficient (Wildman–Crippen LogP) is 3.70.